The Bertz CT molecular complexity index is 420. The van der Waals surface area contributed by atoms with Crippen molar-refractivity contribution in [2.45, 2.75) is 37.8 Å². The number of amides is 3. The molecule has 21 heavy (non-hydrogen) atoms. The normalized spacial score (nSPS) is 29.7. The first kappa shape index (κ1) is 15.6. The van der Waals surface area contributed by atoms with Gasteiger partial charge in [-0.2, -0.15) is 0 Å². The Morgan fingerprint density at radius 2 is 1.86 bits per heavy atom. The van der Waals surface area contributed by atoms with Crippen LogP contribution in [0.5, 0.6) is 0 Å². The van der Waals surface area contributed by atoms with E-state index in [-0.39, 0.29) is 24.6 Å². The number of primary amides is 1. The number of carbonyl (C=O) groups excluding carboxylic acids is 2. The Morgan fingerprint density at radius 3 is 2.43 bits per heavy atom. The highest BCUT2D eigenvalue weighted by Crippen LogP contribution is 2.24. The summed E-state index contributed by atoms with van der Waals surface area (Å²) < 4.78 is 5.17. The van der Waals surface area contributed by atoms with Gasteiger partial charge in [-0.05, 0) is 25.7 Å². The molecule has 0 bridgehead atoms. The van der Waals surface area contributed by atoms with Crippen LogP contribution in [-0.2, 0) is 14.3 Å². The maximum absolute atomic E-state index is 12.2. The molecule has 8 nitrogen and oxygen atoms in total. The number of urea groups is 1. The molecule has 1 heterocycles. The number of ether oxygens (including phenoxy) is 1. The van der Waals surface area contributed by atoms with Gasteiger partial charge >= 0.3 is 12.0 Å². The largest absolute Gasteiger partial charge is 0.481 e. The predicted molar refractivity (Wildman–Crippen MR) is 72.4 cm³/mol. The number of nitrogens with one attached hydrogen (secondary N) is 1. The molecular formula is C13H21N3O5. The highest BCUT2D eigenvalue weighted by Gasteiger charge is 2.33. The molecule has 1 aliphatic carbocycles. The minimum absolute atomic E-state index is 0.0514. The second kappa shape index (κ2) is 6.75. The van der Waals surface area contributed by atoms with Crippen LogP contribution in [0.3, 0.4) is 0 Å². The molecule has 1 aliphatic heterocycles. The Labute approximate surface area is 122 Å². The van der Waals surface area contributed by atoms with Crippen molar-refractivity contribution >= 4 is 17.9 Å². The second-order valence-electron chi connectivity index (χ2n) is 5.52. The highest BCUT2D eigenvalue weighted by molar-refractivity contribution is 5.86. The van der Waals surface area contributed by atoms with Crippen LogP contribution in [0.25, 0.3) is 0 Å². The summed E-state index contributed by atoms with van der Waals surface area (Å²) >= 11 is 0. The molecule has 0 aromatic rings. The zero-order valence-electron chi connectivity index (χ0n) is 11.8. The molecule has 0 spiro atoms. The smallest absolute Gasteiger partial charge is 0.318 e. The first-order chi connectivity index (χ1) is 9.99. The summed E-state index contributed by atoms with van der Waals surface area (Å²) in [4.78, 5) is 35.9. The lowest BCUT2D eigenvalue weighted by molar-refractivity contribution is -0.142. The number of hydrogen-bond acceptors (Lipinski definition) is 4. The van der Waals surface area contributed by atoms with Crippen LogP contribution in [0, 0.1) is 5.92 Å². The minimum Gasteiger partial charge on any atom is -0.481 e. The number of carboxylic acids is 1. The van der Waals surface area contributed by atoms with Crippen molar-refractivity contribution in [1.82, 2.24) is 10.2 Å². The maximum Gasteiger partial charge on any atom is 0.318 e. The Balaban J connectivity index is 1.86. The number of carbonyl (C=O) groups is 3. The summed E-state index contributed by atoms with van der Waals surface area (Å²) in [5, 5.41) is 11.8. The van der Waals surface area contributed by atoms with Gasteiger partial charge in [0.25, 0.3) is 0 Å². The minimum atomic E-state index is -0.776. The Kier molecular flexibility index (Phi) is 5.00. The van der Waals surface area contributed by atoms with Crippen molar-refractivity contribution in [3.63, 3.8) is 0 Å². The van der Waals surface area contributed by atoms with Crippen LogP contribution in [0.1, 0.15) is 25.7 Å². The Hall–Kier alpha value is -1.83. The summed E-state index contributed by atoms with van der Waals surface area (Å²) in [6, 6.07) is -1.13. The molecule has 0 aromatic heterocycles. The van der Waals surface area contributed by atoms with Gasteiger partial charge in [0, 0.05) is 12.6 Å². The number of rotatable bonds is 3. The fraction of sp³-hybridized carbons (Fsp3) is 0.769. The lowest BCUT2D eigenvalue weighted by atomic mass is 9.86. The lowest BCUT2D eigenvalue weighted by Gasteiger charge is -2.35. The summed E-state index contributed by atoms with van der Waals surface area (Å²) in [7, 11) is 0. The summed E-state index contributed by atoms with van der Waals surface area (Å²) in [6.45, 7) is 0.821. The van der Waals surface area contributed by atoms with E-state index in [1.165, 1.54) is 4.90 Å². The predicted octanol–water partition coefficient (Wildman–Crippen LogP) is -0.474. The third-order valence-corrected chi connectivity index (χ3v) is 4.12. The van der Waals surface area contributed by atoms with Gasteiger partial charge in [-0.25, -0.2) is 4.79 Å². The van der Waals surface area contributed by atoms with Crippen molar-refractivity contribution in [3.8, 4) is 0 Å². The third-order valence-electron chi connectivity index (χ3n) is 4.12. The third kappa shape index (κ3) is 3.84. The molecule has 118 valence electrons. The molecule has 1 saturated carbocycles. The monoisotopic (exact) mass is 299 g/mol. The zero-order valence-corrected chi connectivity index (χ0v) is 11.8. The van der Waals surface area contributed by atoms with E-state index in [4.69, 9.17) is 15.6 Å². The number of nitrogens with two attached hydrogens (primary N) is 1. The van der Waals surface area contributed by atoms with E-state index in [0.29, 0.717) is 38.8 Å². The van der Waals surface area contributed by atoms with E-state index in [1.54, 1.807) is 0 Å². The van der Waals surface area contributed by atoms with E-state index >= 15 is 0 Å². The average molecular weight is 299 g/mol. The number of morpholine rings is 1. The van der Waals surface area contributed by atoms with E-state index in [1.807, 2.05) is 0 Å². The number of nitrogens with zero attached hydrogens (tertiary/aromatic N) is 1. The topological polar surface area (TPSA) is 122 Å². The molecule has 2 fully saturated rings. The van der Waals surface area contributed by atoms with Gasteiger partial charge in [-0.1, -0.05) is 0 Å². The van der Waals surface area contributed by atoms with E-state index in [0.717, 1.165) is 0 Å². The molecule has 1 unspecified atom stereocenters. The first-order valence-electron chi connectivity index (χ1n) is 7.16. The summed E-state index contributed by atoms with van der Waals surface area (Å²) in [5.74, 6) is -1.68. The molecule has 2 rings (SSSR count). The molecule has 0 radical (unpaired) electrons. The van der Waals surface area contributed by atoms with Crippen LogP contribution in [0.15, 0.2) is 0 Å². The van der Waals surface area contributed by atoms with Crippen molar-refractivity contribution in [2.75, 3.05) is 19.8 Å². The van der Waals surface area contributed by atoms with Gasteiger partial charge in [0.2, 0.25) is 5.91 Å². The molecule has 2 aliphatic rings. The summed E-state index contributed by atoms with van der Waals surface area (Å²) in [5.41, 5.74) is 5.27. The van der Waals surface area contributed by atoms with Crippen molar-refractivity contribution in [1.29, 1.82) is 0 Å². The molecule has 3 amide bonds. The second-order valence-corrected chi connectivity index (χ2v) is 5.52. The fourth-order valence-corrected chi connectivity index (χ4v) is 2.82. The van der Waals surface area contributed by atoms with Gasteiger partial charge in [-0.3, -0.25) is 9.59 Å². The number of carboxylic acid groups (broad SMARTS) is 1. The van der Waals surface area contributed by atoms with E-state index in [2.05, 4.69) is 5.32 Å². The number of aliphatic carboxylic acids is 1. The molecular weight excluding hydrogens is 278 g/mol. The average Bonchev–Trinajstić information content (AvgIpc) is 2.47. The molecule has 4 N–H and O–H groups in total. The summed E-state index contributed by atoms with van der Waals surface area (Å²) in [6.07, 6.45) is 2.38. The van der Waals surface area contributed by atoms with Crippen molar-refractivity contribution in [3.05, 3.63) is 0 Å². The zero-order chi connectivity index (χ0) is 15.4. The molecule has 0 aromatic carbocycles. The van der Waals surface area contributed by atoms with Crippen LogP contribution < -0.4 is 11.1 Å². The first-order valence-corrected chi connectivity index (χ1v) is 7.16. The van der Waals surface area contributed by atoms with Crippen LogP contribution in [0.4, 0.5) is 4.79 Å². The molecule has 1 atom stereocenters. The van der Waals surface area contributed by atoms with Gasteiger partial charge in [0.05, 0.1) is 19.1 Å². The van der Waals surface area contributed by atoms with Crippen molar-refractivity contribution in [2.24, 2.45) is 11.7 Å². The molecule has 8 heteroatoms. The standard InChI is InChI=1S/C13H21N3O5/c14-11(17)10-7-21-6-5-16(10)13(20)15-9-3-1-8(2-4-9)12(18)19/h8-10H,1-7H2,(H2,14,17)(H,15,20)(H,18,19). The van der Waals surface area contributed by atoms with Gasteiger partial charge in [0.15, 0.2) is 0 Å². The molecule has 1 saturated heterocycles. The number of hydrogen-bond donors (Lipinski definition) is 3. The van der Waals surface area contributed by atoms with Crippen LogP contribution >= 0.6 is 0 Å². The van der Waals surface area contributed by atoms with E-state index < -0.39 is 17.9 Å². The van der Waals surface area contributed by atoms with Crippen LogP contribution in [0.2, 0.25) is 0 Å². The van der Waals surface area contributed by atoms with Crippen LogP contribution in [-0.4, -0.2) is 59.8 Å². The fourth-order valence-electron chi connectivity index (χ4n) is 2.82. The van der Waals surface area contributed by atoms with Gasteiger partial charge in [-0.15, -0.1) is 0 Å². The van der Waals surface area contributed by atoms with Crippen molar-refractivity contribution < 1.29 is 24.2 Å². The van der Waals surface area contributed by atoms with E-state index in [9.17, 15) is 14.4 Å². The van der Waals surface area contributed by atoms with Gasteiger partial charge in [0.1, 0.15) is 6.04 Å². The Morgan fingerprint density at radius 1 is 1.19 bits per heavy atom. The highest BCUT2D eigenvalue weighted by atomic mass is 16.5. The quantitative estimate of drug-likeness (QED) is 0.650. The van der Waals surface area contributed by atoms with Gasteiger partial charge < -0.3 is 25.8 Å². The lowest BCUT2D eigenvalue weighted by Crippen LogP contribution is -2.58. The maximum atomic E-state index is 12.2. The SMILES string of the molecule is NC(=O)C1COCCN1C(=O)NC1CCC(C(=O)O)CC1.